The standard InChI is InChI=1S/C32H32ClF2N7/c1-5-19-16-37-28-24(27(19)38-18-31(2,3)4)13-21(14-25(28)33)39-29(23-8-6-7-20-15-36-12-9-22(20)23)26-17-42(41-40-26)32(10-11-32)30(34)35/h1,6-9,12-17,29-30,39-41H,10-11,18H2,2-4H3,(H,37,38)/t29-/m0/s1. The maximum Gasteiger partial charge on any atom is 0.262 e. The maximum absolute atomic E-state index is 14.0. The molecule has 1 saturated carbocycles. The van der Waals surface area contributed by atoms with Gasteiger partial charge in [0.1, 0.15) is 5.54 Å². The quantitative estimate of drug-likeness (QED) is 0.165. The van der Waals surface area contributed by atoms with Gasteiger partial charge in [0, 0.05) is 47.8 Å². The highest BCUT2D eigenvalue weighted by atomic mass is 35.5. The number of benzene rings is 2. The fourth-order valence-corrected chi connectivity index (χ4v) is 5.56. The molecule has 0 unspecified atom stereocenters. The van der Waals surface area contributed by atoms with Crippen LogP contribution in [0.2, 0.25) is 5.02 Å². The second kappa shape index (κ2) is 10.6. The van der Waals surface area contributed by atoms with E-state index in [1.807, 2.05) is 36.4 Å². The van der Waals surface area contributed by atoms with Gasteiger partial charge in [-0.1, -0.05) is 56.5 Å². The highest BCUT2D eigenvalue weighted by molar-refractivity contribution is 6.35. The zero-order valence-corrected chi connectivity index (χ0v) is 24.4. The number of hydrogen-bond donors (Lipinski definition) is 4. The van der Waals surface area contributed by atoms with Gasteiger partial charge in [-0.05, 0) is 47.4 Å². The molecule has 7 nitrogen and oxygen atoms in total. The number of alkyl halides is 2. The molecule has 3 heterocycles. The molecule has 216 valence electrons. The number of fused-ring (bicyclic) bond motifs is 2. The van der Waals surface area contributed by atoms with E-state index in [-0.39, 0.29) is 5.41 Å². The Labute approximate surface area is 248 Å². The van der Waals surface area contributed by atoms with Crippen molar-refractivity contribution in [1.82, 2.24) is 25.9 Å². The largest absolute Gasteiger partial charge is 0.383 e. The van der Waals surface area contributed by atoms with Gasteiger partial charge in [-0.2, -0.15) is 0 Å². The van der Waals surface area contributed by atoms with E-state index in [2.05, 4.69) is 58.3 Å². The Morgan fingerprint density at radius 2 is 1.98 bits per heavy atom. The average molecular weight is 588 g/mol. The molecule has 42 heavy (non-hydrogen) atoms. The van der Waals surface area contributed by atoms with Crippen LogP contribution in [-0.4, -0.2) is 33.5 Å². The van der Waals surface area contributed by atoms with E-state index < -0.39 is 18.0 Å². The van der Waals surface area contributed by atoms with Gasteiger partial charge in [0.2, 0.25) is 0 Å². The molecule has 4 N–H and O–H groups in total. The van der Waals surface area contributed by atoms with Crippen LogP contribution in [0.4, 0.5) is 20.2 Å². The number of aromatic nitrogens is 2. The van der Waals surface area contributed by atoms with Gasteiger partial charge in [0.05, 0.1) is 33.5 Å². The van der Waals surface area contributed by atoms with E-state index in [4.69, 9.17) is 18.0 Å². The van der Waals surface area contributed by atoms with Crippen molar-refractivity contribution in [3.05, 3.63) is 83.0 Å². The molecule has 2 aliphatic rings. The second-order valence-corrected chi connectivity index (χ2v) is 12.5. The van der Waals surface area contributed by atoms with E-state index in [1.165, 1.54) is 5.01 Å². The van der Waals surface area contributed by atoms with Gasteiger partial charge >= 0.3 is 0 Å². The van der Waals surface area contributed by atoms with Crippen LogP contribution in [0.1, 0.15) is 50.8 Å². The van der Waals surface area contributed by atoms with E-state index in [1.54, 1.807) is 24.8 Å². The van der Waals surface area contributed by atoms with Crippen LogP contribution in [0.25, 0.3) is 21.7 Å². The molecule has 0 amide bonds. The van der Waals surface area contributed by atoms with E-state index in [9.17, 15) is 8.78 Å². The molecule has 1 atom stereocenters. The summed E-state index contributed by atoms with van der Waals surface area (Å²) in [5.74, 6) is 2.74. The second-order valence-electron chi connectivity index (χ2n) is 12.1. The number of nitrogens with one attached hydrogen (secondary N) is 4. The predicted octanol–water partition coefficient (Wildman–Crippen LogP) is 6.99. The molecule has 1 fully saturated rings. The molecule has 0 saturated heterocycles. The van der Waals surface area contributed by atoms with Crippen molar-refractivity contribution in [1.29, 1.82) is 0 Å². The van der Waals surface area contributed by atoms with Crippen molar-refractivity contribution in [2.75, 3.05) is 17.2 Å². The highest BCUT2D eigenvalue weighted by Gasteiger charge is 2.56. The van der Waals surface area contributed by atoms with Crippen molar-refractivity contribution in [3.8, 4) is 12.3 Å². The minimum absolute atomic E-state index is 0.00602. The summed E-state index contributed by atoms with van der Waals surface area (Å²) in [6, 6.07) is 11.3. The fourth-order valence-electron chi connectivity index (χ4n) is 5.29. The van der Waals surface area contributed by atoms with E-state index >= 15 is 0 Å². The Hall–Kier alpha value is -4.13. The zero-order chi connectivity index (χ0) is 29.6. The van der Waals surface area contributed by atoms with Crippen LogP contribution < -0.4 is 21.6 Å². The highest BCUT2D eigenvalue weighted by Crippen LogP contribution is 2.47. The SMILES string of the molecule is C#Cc1cnc2c(Cl)cc(N[C@H](C3=CN(C4(C(F)F)CC4)NN3)c3cccc4cnccc34)cc2c1NCC(C)(C)C. The Kier molecular flexibility index (Phi) is 7.08. The summed E-state index contributed by atoms with van der Waals surface area (Å²) in [5, 5.41) is 11.8. The normalized spacial score (nSPS) is 16.7. The van der Waals surface area contributed by atoms with Crippen LogP contribution in [0.15, 0.2) is 66.9 Å². The van der Waals surface area contributed by atoms with E-state index in [0.717, 1.165) is 33.1 Å². The number of rotatable bonds is 8. The third-order valence-corrected chi connectivity index (χ3v) is 8.05. The molecular formula is C32H32ClF2N7. The van der Waals surface area contributed by atoms with Gasteiger partial charge in [0.15, 0.2) is 0 Å². The first-order valence-corrected chi connectivity index (χ1v) is 14.2. The Morgan fingerprint density at radius 1 is 1.17 bits per heavy atom. The smallest absolute Gasteiger partial charge is 0.262 e. The number of nitrogens with zero attached hydrogens (tertiary/aromatic N) is 3. The first-order chi connectivity index (χ1) is 20.1. The predicted molar refractivity (Wildman–Crippen MR) is 165 cm³/mol. The lowest BCUT2D eigenvalue weighted by molar-refractivity contribution is 0.00911. The minimum Gasteiger partial charge on any atom is -0.383 e. The Balaban J connectivity index is 1.46. The van der Waals surface area contributed by atoms with Crippen LogP contribution in [0.3, 0.4) is 0 Å². The third kappa shape index (κ3) is 5.17. The fraction of sp³-hybridized carbons (Fsp3) is 0.312. The van der Waals surface area contributed by atoms with Crippen molar-refractivity contribution in [2.24, 2.45) is 5.41 Å². The lowest BCUT2D eigenvalue weighted by atomic mass is 9.96. The van der Waals surface area contributed by atoms with Crippen molar-refractivity contribution in [2.45, 2.75) is 51.6 Å². The van der Waals surface area contributed by atoms with Gasteiger partial charge in [-0.15, -0.1) is 12.0 Å². The van der Waals surface area contributed by atoms with Crippen LogP contribution >= 0.6 is 11.6 Å². The number of anilines is 2. The summed E-state index contributed by atoms with van der Waals surface area (Å²) >= 11 is 6.81. The molecule has 0 radical (unpaired) electrons. The lowest BCUT2D eigenvalue weighted by Crippen LogP contribution is -2.48. The van der Waals surface area contributed by atoms with Crippen molar-refractivity contribution in [3.63, 3.8) is 0 Å². The number of hydrazine groups is 2. The number of hydrogen-bond acceptors (Lipinski definition) is 7. The number of halogens is 3. The molecule has 0 spiro atoms. The zero-order valence-electron chi connectivity index (χ0n) is 23.6. The van der Waals surface area contributed by atoms with Gasteiger partial charge in [0.25, 0.3) is 6.43 Å². The molecule has 1 aliphatic heterocycles. The molecule has 6 rings (SSSR count). The van der Waals surface area contributed by atoms with Crippen molar-refractivity contribution < 1.29 is 8.78 Å². The molecule has 2 aromatic heterocycles. The maximum atomic E-state index is 14.0. The lowest BCUT2D eigenvalue weighted by Gasteiger charge is -2.25. The summed E-state index contributed by atoms with van der Waals surface area (Å²) in [4.78, 5) is 8.82. The van der Waals surface area contributed by atoms with E-state index in [0.29, 0.717) is 41.2 Å². The van der Waals surface area contributed by atoms with Gasteiger partial charge < -0.3 is 16.1 Å². The molecule has 2 aromatic carbocycles. The minimum atomic E-state index is -2.48. The van der Waals surface area contributed by atoms with Crippen LogP contribution in [-0.2, 0) is 0 Å². The average Bonchev–Trinajstić information content (AvgIpc) is 3.64. The monoisotopic (exact) mass is 587 g/mol. The van der Waals surface area contributed by atoms with Crippen LogP contribution in [0, 0.1) is 17.8 Å². The molecule has 0 bridgehead atoms. The summed E-state index contributed by atoms with van der Waals surface area (Å²) in [5.41, 5.74) is 9.31. The number of terminal acetylenes is 1. The molecular weight excluding hydrogens is 556 g/mol. The third-order valence-electron chi connectivity index (χ3n) is 7.76. The Bertz CT molecular complexity index is 1730. The summed E-state index contributed by atoms with van der Waals surface area (Å²) in [6.07, 6.45) is 11.1. The molecule has 10 heteroatoms. The first-order valence-electron chi connectivity index (χ1n) is 13.8. The van der Waals surface area contributed by atoms with Gasteiger partial charge in [-0.3, -0.25) is 15.0 Å². The summed E-state index contributed by atoms with van der Waals surface area (Å²) in [7, 11) is 0. The summed E-state index contributed by atoms with van der Waals surface area (Å²) in [6.45, 7) is 7.11. The first kappa shape index (κ1) is 28.0. The Morgan fingerprint density at radius 3 is 2.69 bits per heavy atom. The van der Waals surface area contributed by atoms with Gasteiger partial charge in [-0.25, -0.2) is 8.78 Å². The molecule has 4 aromatic rings. The summed E-state index contributed by atoms with van der Waals surface area (Å²) < 4.78 is 27.9. The van der Waals surface area contributed by atoms with Crippen LogP contribution in [0.5, 0.6) is 0 Å². The topological polar surface area (TPSA) is 77.1 Å². The van der Waals surface area contributed by atoms with Crippen molar-refractivity contribution >= 4 is 44.7 Å². The molecule has 1 aliphatic carbocycles. The number of pyridine rings is 2.